The number of carboxylic acid groups (broad SMARTS) is 1. The third kappa shape index (κ3) is 5.44. The van der Waals surface area contributed by atoms with Gasteiger partial charge in [-0.15, -0.1) is 0 Å². The SMILES string of the molecule is CCCC(=O)N1CCC(OCC(=O)O)(C(N)=NO)CC1NC(=O)c1ccccc1. The number of oxime groups is 1. The highest BCUT2D eigenvalue weighted by Gasteiger charge is 2.46. The first-order chi connectivity index (χ1) is 13.8. The molecule has 5 N–H and O–H groups in total. The lowest BCUT2D eigenvalue weighted by molar-refractivity contribution is -0.153. The number of carboxylic acids is 1. The number of rotatable bonds is 8. The summed E-state index contributed by atoms with van der Waals surface area (Å²) in [5.41, 5.74) is 4.80. The molecule has 2 amide bonds. The van der Waals surface area contributed by atoms with E-state index >= 15 is 0 Å². The Kier molecular flexibility index (Phi) is 7.54. The lowest BCUT2D eigenvalue weighted by Gasteiger charge is -2.45. The summed E-state index contributed by atoms with van der Waals surface area (Å²) >= 11 is 0. The number of hydrogen-bond acceptors (Lipinski definition) is 6. The van der Waals surface area contributed by atoms with Gasteiger partial charge in [-0.2, -0.15) is 0 Å². The molecule has 0 bridgehead atoms. The van der Waals surface area contributed by atoms with E-state index in [1.165, 1.54) is 4.90 Å². The zero-order chi connectivity index (χ0) is 21.4. The summed E-state index contributed by atoms with van der Waals surface area (Å²) in [6, 6.07) is 8.47. The lowest BCUT2D eigenvalue weighted by atomic mass is 9.87. The van der Waals surface area contributed by atoms with Crippen molar-refractivity contribution in [1.29, 1.82) is 0 Å². The number of hydrogen-bond donors (Lipinski definition) is 4. The molecule has 10 heteroatoms. The summed E-state index contributed by atoms with van der Waals surface area (Å²) in [5.74, 6) is -2.08. The number of amidine groups is 1. The zero-order valence-corrected chi connectivity index (χ0v) is 16.2. The maximum atomic E-state index is 12.7. The number of nitrogens with two attached hydrogens (primary N) is 1. The molecule has 0 spiro atoms. The second kappa shape index (κ2) is 9.87. The number of carbonyl (C=O) groups is 3. The van der Waals surface area contributed by atoms with Gasteiger partial charge in [-0.3, -0.25) is 9.59 Å². The van der Waals surface area contributed by atoms with Crippen LogP contribution in [0.15, 0.2) is 35.5 Å². The Morgan fingerprint density at radius 3 is 2.62 bits per heavy atom. The van der Waals surface area contributed by atoms with Crippen LogP contribution in [0.2, 0.25) is 0 Å². The third-order valence-corrected chi connectivity index (χ3v) is 4.82. The van der Waals surface area contributed by atoms with Crippen molar-refractivity contribution >= 4 is 23.6 Å². The van der Waals surface area contributed by atoms with Gasteiger partial charge in [-0.1, -0.05) is 30.3 Å². The largest absolute Gasteiger partial charge is 0.480 e. The van der Waals surface area contributed by atoms with E-state index in [-0.39, 0.29) is 31.1 Å². The predicted octanol–water partition coefficient (Wildman–Crippen LogP) is 0.751. The number of nitrogens with zero attached hydrogens (tertiary/aromatic N) is 2. The molecule has 1 aromatic carbocycles. The van der Waals surface area contributed by atoms with E-state index in [1.807, 2.05) is 6.92 Å². The van der Waals surface area contributed by atoms with Gasteiger partial charge >= 0.3 is 5.97 Å². The van der Waals surface area contributed by atoms with Gasteiger partial charge in [0.15, 0.2) is 5.84 Å². The first-order valence-electron chi connectivity index (χ1n) is 9.32. The van der Waals surface area contributed by atoms with Crippen molar-refractivity contribution < 1.29 is 29.4 Å². The molecule has 0 saturated carbocycles. The number of carbonyl (C=O) groups excluding carboxylic acids is 2. The van der Waals surface area contributed by atoms with Crippen molar-refractivity contribution in [3.05, 3.63) is 35.9 Å². The highest BCUT2D eigenvalue weighted by atomic mass is 16.5. The molecule has 10 nitrogen and oxygen atoms in total. The van der Waals surface area contributed by atoms with Crippen LogP contribution in [0.25, 0.3) is 0 Å². The van der Waals surface area contributed by atoms with Crippen molar-refractivity contribution in [1.82, 2.24) is 10.2 Å². The molecule has 2 atom stereocenters. The minimum Gasteiger partial charge on any atom is -0.480 e. The first kappa shape index (κ1) is 22.2. The Morgan fingerprint density at radius 2 is 2.03 bits per heavy atom. The molecule has 0 aliphatic carbocycles. The highest BCUT2D eigenvalue weighted by Crippen LogP contribution is 2.31. The zero-order valence-electron chi connectivity index (χ0n) is 16.2. The Morgan fingerprint density at radius 1 is 1.34 bits per heavy atom. The van der Waals surface area contributed by atoms with Gasteiger partial charge in [0.25, 0.3) is 5.91 Å². The average molecular weight is 406 g/mol. The van der Waals surface area contributed by atoms with E-state index in [0.717, 1.165) is 0 Å². The summed E-state index contributed by atoms with van der Waals surface area (Å²) in [4.78, 5) is 37.7. The smallest absolute Gasteiger partial charge is 0.329 e. The molecule has 158 valence electrons. The van der Waals surface area contributed by atoms with Crippen molar-refractivity contribution in [2.45, 2.75) is 44.4 Å². The monoisotopic (exact) mass is 406 g/mol. The maximum absolute atomic E-state index is 12.7. The Hall–Kier alpha value is -3.14. The normalized spacial score (nSPS) is 22.2. The minimum absolute atomic E-state index is 0.0514. The fourth-order valence-electron chi connectivity index (χ4n) is 3.32. The molecule has 0 aromatic heterocycles. The van der Waals surface area contributed by atoms with Crippen molar-refractivity contribution in [2.75, 3.05) is 13.2 Å². The second-order valence-electron chi connectivity index (χ2n) is 6.81. The van der Waals surface area contributed by atoms with Gasteiger partial charge in [0.2, 0.25) is 5.91 Å². The number of nitrogens with one attached hydrogen (secondary N) is 1. The average Bonchev–Trinajstić information content (AvgIpc) is 2.72. The van der Waals surface area contributed by atoms with Gasteiger partial charge in [-0.05, 0) is 18.6 Å². The molecule has 2 rings (SSSR count). The van der Waals surface area contributed by atoms with Crippen LogP contribution in [-0.2, 0) is 14.3 Å². The third-order valence-electron chi connectivity index (χ3n) is 4.82. The van der Waals surface area contributed by atoms with Crippen LogP contribution in [0, 0.1) is 0 Å². The van der Waals surface area contributed by atoms with Crippen LogP contribution in [0.5, 0.6) is 0 Å². The van der Waals surface area contributed by atoms with Crippen molar-refractivity contribution in [2.24, 2.45) is 10.9 Å². The van der Waals surface area contributed by atoms with Crippen LogP contribution in [-0.4, -0.2) is 63.8 Å². The minimum atomic E-state index is -1.43. The molecule has 0 radical (unpaired) electrons. The van der Waals surface area contributed by atoms with Crippen molar-refractivity contribution in [3.63, 3.8) is 0 Å². The fraction of sp³-hybridized carbons (Fsp3) is 0.474. The predicted molar refractivity (Wildman–Crippen MR) is 103 cm³/mol. The molecule has 1 fully saturated rings. The molecule has 1 heterocycles. The summed E-state index contributed by atoms with van der Waals surface area (Å²) in [6.45, 7) is 1.35. The Balaban J connectivity index is 2.31. The lowest BCUT2D eigenvalue weighted by Crippen LogP contribution is -2.63. The van der Waals surface area contributed by atoms with Gasteiger partial charge in [0.1, 0.15) is 18.4 Å². The first-order valence-corrected chi connectivity index (χ1v) is 9.32. The van der Waals surface area contributed by atoms with E-state index in [0.29, 0.717) is 18.4 Å². The van der Waals surface area contributed by atoms with Crippen LogP contribution in [0.4, 0.5) is 0 Å². The second-order valence-corrected chi connectivity index (χ2v) is 6.81. The highest BCUT2D eigenvalue weighted by molar-refractivity contribution is 5.95. The fourth-order valence-corrected chi connectivity index (χ4v) is 3.32. The van der Waals surface area contributed by atoms with Crippen molar-refractivity contribution in [3.8, 4) is 0 Å². The van der Waals surface area contributed by atoms with Crippen LogP contribution in [0.1, 0.15) is 43.0 Å². The summed E-state index contributed by atoms with van der Waals surface area (Å²) in [7, 11) is 0. The van der Waals surface area contributed by atoms with Gasteiger partial charge < -0.3 is 31.0 Å². The summed E-state index contributed by atoms with van der Waals surface area (Å²) in [5, 5.41) is 24.0. The van der Waals surface area contributed by atoms with Crippen LogP contribution in [0.3, 0.4) is 0 Å². The van der Waals surface area contributed by atoms with Crippen LogP contribution < -0.4 is 11.1 Å². The number of likely N-dealkylation sites (tertiary alicyclic amines) is 1. The number of benzene rings is 1. The molecule has 1 aromatic rings. The summed E-state index contributed by atoms with van der Waals surface area (Å²) in [6.07, 6.45) is 0.192. The molecule has 1 saturated heterocycles. The maximum Gasteiger partial charge on any atom is 0.329 e. The van der Waals surface area contributed by atoms with Crippen LogP contribution >= 0.6 is 0 Å². The molecule has 1 aliphatic rings. The number of piperidine rings is 1. The quantitative estimate of drug-likeness (QED) is 0.215. The standard InChI is InChI=1S/C19H26N4O6/c1-2-6-15(24)23-10-9-19(18(20)22-28,29-12-16(25)26)11-14(23)21-17(27)13-7-4-3-5-8-13/h3-5,7-8,14,28H,2,6,9-12H2,1H3,(H2,20,22)(H,21,27)(H,25,26). The summed E-state index contributed by atoms with van der Waals surface area (Å²) < 4.78 is 5.49. The molecule has 29 heavy (non-hydrogen) atoms. The van der Waals surface area contributed by atoms with Gasteiger partial charge in [0.05, 0.1) is 0 Å². The van der Waals surface area contributed by atoms with E-state index in [4.69, 9.17) is 15.6 Å². The molecule has 2 unspecified atom stereocenters. The molecular weight excluding hydrogens is 380 g/mol. The molecule has 1 aliphatic heterocycles. The van der Waals surface area contributed by atoms with E-state index < -0.39 is 30.3 Å². The Labute approximate surface area is 168 Å². The van der Waals surface area contributed by atoms with E-state index in [1.54, 1.807) is 30.3 Å². The van der Waals surface area contributed by atoms with Gasteiger partial charge in [0, 0.05) is 31.4 Å². The van der Waals surface area contributed by atoms with E-state index in [9.17, 15) is 19.6 Å². The Bertz CT molecular complexity index is 769. The number of amides is 2. The number of aliphatic carboxylic acids is 1. The van der Waals surface area contributed by atoms with E-state index in [2.05, 4.69) is 10.5 Å². The topological polar surface area (TPSA) is 155 Å². The number of ether oxygens (including phenoxy) is 1. The van der Waals surface area contributed by atoms with Gasteiger partial charge in [-0.25, -0.2) is 4.79 Å². The molecular formula is C19H26N4O6.